The van der Waals surface area contributed by atoms with Gasteiger partial charge >= 0.3 is 5.97 Å². The van der Waals surface area contributed by atoms with E-state index < -0.39 is 5.97 Å². The van der Waals surface area contributed by atoms with Crippen LogP contribution in [0.3, 0.4) is 0 Å². The molecule has 16 heavy (non-hydrogen) atoms. The molecule has 1 atom stereocenters. The standard InChI is InChI=1S/C10H12N4O2/c1-7(5-6-11)14(2)9-4-3-8(10(15)16)12-13-9/h3-4,7H,5H2,1-2H3,(H,15,16). The molecule has 0 amide bonds. The summed E-state index contributed by atoms with van der Waals surface area (Å²) in [6.45, 7) is 1.88. The van der Waals surface area contributed by atoms with E-state index >= 15 is 0 Å². The van der Waals surface area contributed by atoms with E-state index in [-0.39, 0.29) is 11.7 Å². The average molecular weight is 220 g/mol. The van der Waals surface area contributed by atoms with Crippen molar-refractivity contribution in [3.05, 3.63) is 17.8 Å². The molecule has 0 radical (unpaired) electrons. The summed E-state index contributed by atoms with van der Waals surface area (Å²) < 4.78 is 0. The lowest BCUT2D eigenvalue weighted by Crippen LogP contribution is -2.29. The summed E-state index contributed by atoms with van der Waals surface area (Å²) in [4.78, 5) is 12.3. The molecule has 1 rings (SSSR count). The molecule has 6 heteroatoms. The first-order valence-electron chi connectivity index (χ1n) is 4.73. The first kappa shape index (κ1) is 11.9. The third-order valence-corrected chi connectivity index (χ3v) is 2.28. The molecule has 1 aromatic heterocycles. The maximum Gasteiger partial charge on any atom is 0.356 e. The van der Waals surface area contributed by atoms with E-state index in [0.717, 1.165) is 0 Å². The summed E-state index contributed by atoms with van der Waals surface area (Å²) in [5.41, 5.74) is -0.0925. The Morgan fingerprint density at radius 3 is 2.75 bits per heavy atom. The highest BCUT2D eigenvalue weighted by Gasteiger charge is 2.12. The molecular formula is C10H12N4O2. The lowest BCUT2D eigenvalue weighted by Gasteiger charge is -2.23. The molecule has 1 N–H and O–H groups in total. The van der Waals surface area contributed by atoms with Gasteiger partial charge in [0.25, 0.3) is 0 Å². The van der Waals surface area contributed by atoms with Gasteiger partial charge < -0.3 is 10.0 Å². The number of carboxylic acid groups (broad SMARTS) is 1. The monoisotopic (exact) mass is 220 g/mol. The molecule has 0 fully saturated rings. The second-order valence-corrected chi connectivity index (χ2v) is 3.40. The molecular weight excluding hydrogens is 208 g/mol. The second kappa shape index (κ2) is 5.07. The highest BCUT2D eigenvalue weighted by atomic mass is 16.4. The van der Waals surface area contributed by atoms with Gasteiger partial charge in [-0.1, -0.05) is 0 Å². The van der Waals surface area contributed by atoms with E-state index in [4.69, 9.17) is 10.4 Å². The van der Waals surface area contributed by atoms with E-state index in [1.165, 1.54) is 6.07 Å². The van der Waals surface area contributed by atoms with Crippen molar-refractivity contribution in [2.45, 2.75) is 19.4 Å². The van der Waals surface area contributed by atoms with Crippen LogP contribution in [0.4, 0.5) is 5.82 Å². The van der Waals surface area contributed by atoms with Gasteiger partial charge in [-0.15, -0.1) is 10.2 Å². The first-order valence-corrected chi connectivity index (χ1v) is 4.73. The summed E-state index contributed by atoms with van der Waals surface area (Å²) in [5.74, 6) is -0.556. The zero-order valence-corrected chi connectivity index (χ0v) is 9.08. The van der Waals surface area contributed by atoms with Crippen LogP contribution in [0.15, 0.2) is 12.1 Å². The molecule has 0 aliphatic carbocycles. The van der Waals surface area contributed by atoms with E-state index in [1.54, 1.807) is 18.0 Å². The van der Waals surface area contributed by atoms with Crippen LogP contribution in [-0.4, -0.2) is 34.4 Å². The molecule has 1 unspecified atom stereocenters. The van der Waals surface area contributed by atoms with Crippen LogP contribution in [-0.2, 0) is 0 Å². The van der Waals surface area contributed by atoms with Gasteiger partial charge in [0.2, 0.25) is 0 Å². The molecule has 84 valence electrons. The normalized spacial score (nSPS) is 11.6. The molecule has 0 aliphatic rings. The number of anilines is 1. The van der Waals surface area contributed by atoms with E-state index in [0.29, 0.717) is 12.2 Å². The number of carboxylic acids is 1. The van der Waals surface area contributed by atoms with Crippen LogP contribution in [0.2, 0.25) is 0 Å². The fourth-order valence-electron chi connectivity index (χ4n) is 1.12. The Morgan fingerprint density at radius 2 is 2.31 bits per heavy atom. The summed E-state index contributed by atoms with van der Waals surface area (Å²) in [6, 6.07) is 5.04. The van der Waals surface area contributed by atoms with Gasteiger partial charge in [-0.2, -0.15) is 5.26 Å². The van der Waals surface area contributed by atoms with E-state index in [2.05, 4.69) is 16.3 Å². The lowest BCUT2D eigenvalue weighted by atomic mass is 10.2. The molecule has 0 bridgehead atoms. The van der Waals surface area contributed by atoms with Crippen LogP contribution in [0.25, 0.3) is 0 Å². The highest BCUT2D eigenvalue weighted by molar-refractivity contribution is 5.85. The maximum atomic E-state index is 10.6. The second-order valence-electron chi connectivity index (χ2n) is 3.40. The Bertz CT molecular complexity index is 410. The zero-order valence-electron chi connectivity index (χ0n) is 9.08. The van der Waals surface area contributed by atoms with Gasteiger partial charge in [0.05, 0.1) is 12.5 Å². The fraction of sp³-hybridized carbons (Fsp3) is 0.400. The quantitative estimate of drug-likeness (QED) is 0.811. The highest BCUT2D eigenvalue weighted by Crippen LogP contribution is 2.12. The van der Waals surface area contributed by atoms with Gasteiger partial charge in [-0.05, 0) is 19.1 Å². The van der Waals surface area contributed by atoms with Gasteiger partial charge in [0, 0.05) is 13.1 Å². The summed E-state index contributed by atoms with van der Waals surface area (Å²) in [7, 11) is 1.78. The van der Waals surface area contributed by atoms with Crippen LogP contribution < -0.4 is 4.90 Å². The summed E-state index contributed by atoms with van der Waals surface area (Å²) >= 11 is 0. The van der Waals surface area contributed by atoms with Gasteiger partial charge in [0.1, 0.15) is 0 Å². The van der Waals surface area contributed by atoms with Crippen molar-refractivity contribution in [3.63, 3.8) is 0 Å². The number of aromatic nitrogens is 2. The molecule has 0 saturated carbocycles. The Labute approximate surface area is 93.1 Å². The van der Waals surface area contributed by atoms with Gasteiger partial charge in [0.15, 0.2) is 11.5 Å². The third kappa shape index (κ3) is 2.67. The van der Waals surface area contributed by atoms with Crippen LogP contribution in [0.5, 0.6) is 0 Å². The minimum atomic E-state index is -1.10. The predicted molar refractivity (Wildman–Crippen MR) is 57.1 cm³/mol. The Morgan fingerprint density at radius 1 is 1.62 bits per heavy atom. The number of hydrogen-bond acceptors (Lipinski definition) is 5. The SMILES string of the molecule is CC(CC#N)N(C)c1ccc(C(=O)O)nn1. The first-order chi connectivity index (χ1) is 7.56. The van der Waals surface area contributed by atoms with E-state index in [9.17, 15) is 4.79 Å². The lowest BCUT2D eigenvalue weighted by molar-refractivity contribution is 0.0689. The number of rotatable bonds is 4. The van der Waals surface area contributed by atoms with Crippen molar-refractivity contribution in [2.24, 2.45) is 0 Å². The molecule has 6 nitrogen and oxygen atoms in total. The molecule has 1 heterocycles. The Kier molecular flexibility index (Phi) is 3.78. The smallest absolute Gasteiger partial charge is 0.356 e. The van der Waals surface area contributed by atoms with Crippen LogP contribution >= 0.6 is 0 Å². The van der Waals surface area contributed by atoms with Crippen LogP contribution in [0.1, 0.15) is 23.8 Å². The minimum Gasteiger partial charge on any atom is -0.476 e. The molecule has 0 aliphatic heterocycles. The zero-order chi connectivity index (χ0) is 12.1. The summed E-state index contributed by atoms with van der Waals surface area (Å²) in [5, 5.41) is 24.6. The fourth-order valence-corrected chi connectivity index (χ4v) is 1.12. The molecule has 1 aromatic rings. The topological polar surface area (TPSA) is 90.1 Å². The van der Waals surface area contributed by atoms with Crippen molar-refractivity contribution >= 4 is 11.8 Å². The van der Waals surface area contributed by atoms with Crippen LogP contribution in [0, 0.1) is 11.3 Å². The largest absolute Gasteiger partial charge is 0.476 e. The predicted octanol–water partition coefficient (Wildman–Crippen LogP) is 0.913. The van der Waals surface area contributed by atoms with Crippen molar-refractivity contribution in [1.82, 2.24) is 10.2 Å². The van der Waals surface area contributed by atoms with E-state index in [1.807, 2.05) is 6.92 Å². The molecule has 0 spiro atoms. The molecule has 0 aromatic carbocycles. The minimum absolute atomic E-state index is 0.00924. The number of nitriles is 1. The van der Waals surface area contributed by atoms with Crippen molar-refractivity contribution in [1.29, 1.82) is 5.26 Å². The number of aromatic carboxylic acids is 1. The van der Waals surface area contributed by atoms with Crippen molar-refractivity contribution < 1.29 is 9.90 Å². The Balaban J connectivity index is 2.82. The van der Waals surface area contributed by atoms with Gasteiger partial charge in [-0.25, -0.2) is 4.79 Å². The number of carbonyl (C=O) groups is 1. The van der Waals surface area contributed by atoms with Crippen molar-refractivity contribution in [2.75, 3.05) is 11.9 Å². The van der Waals surface area contributed by atoms with Gasteiger partial charge in [-0.3, -0.25) is 0 Å². The number of hydrogen-bond donors (Lipinski definition) is 1. The molecule has 0 saturated heterocycles. The average Bonchev–Trinajstić information content (AvgIpc) is 2.28. The Hall–Kier alpha value is -2.16. The third-order valence-electron chi connectivity index (χ3n) is 2.28. The number of nitrogens with zero attached hydrogens (tertiary/aromatic N) is 4. The summed E-state index contributed by atoms with van der Waals surface area (Å²) in [6.07, 6.45) is 0.374. The van der Waals surface area contributed by atoms with Crippen molar-refractivity contribution in [3.8, 4) is 6.07 Å². The maximum absolute atomic E-state index is 10.6.